The van der Waals surface area contributed by atoms with Crippen LogP contribution in [0.2, 0.25) is 0 Å². The number of benzene rings is 1. The molecule has 18 heavy (non-hydrogen) atoms. The average Bonchev–Trinajstić information content (AvgIpc) is 2.29. The maximum absolute atomic E-state index is 12.0. The fraction of sp³-hybridized carbons (Fsp3) is 0.400. The topological polar surface area (TPSA) is 83.8 Å². The van der Waals surface area contributed by atoms with Crippen molar-refractivity contribution in [3.05, 3.63) is 34.8 Å². The molecule has 102 valence electrons. The quantitative estimate of drug-likeness (QED) is 0.721. The summed E-state index contributed by atoms with van der Waals surface area (Å²) >= 11 is 0. The van der Waals surface area contributed by atoms with Gasteiger partial charge in [0.1, 0.15) is 10.0 Å². The van der Waals surface area contributed by atoms with E-state index in [9.17, 15) is 13.0 Å². The number of hydrogen-bond donors (Lipinski definition) is 0. The van der Waals surface area contributed by atoms with E-state index in [0.29, 0.717) is 0 Å². The van der Waals surface area contributed by atoms with Crippen molar-refractivity contribution >= 4 is 17.8 Å². The summed E-state index contributed by atoms with van der Waals surface area (Å²) in [4.78, 5) is -0.0513. The predicted octanol–water partition coefficient (Wildman–Crippen LogP) is 2.93. The van der Waals surface area contributed by atoms with Crippen molar-refractivity contribution in [3.8, 4) is 0 Å². The summed E-state index contributed by atoms with van der Waals surface area (Å²) in [5.41, 5.74) is 0. The van der Waals surface area contributed by atoms with Crippen LogP contribution in [-0.4, -0.2) is 21.6 Å². The van der Waals surface area contributed by atoms with Crippen molar-refractivity contribution in [2.24, 2.45) is 0 Å². The lowest BCUT2D eigenvalue weighted by molar-refractivity contribution is 0.228. The molecule has 0 saturated heterocycles. The molecule has 6 nitrogen and oxygen atoms in total. The highest BCUT2D eigenvalue weighted by atomic mass is 32.2. The van der Waals surface area contributed by atoms with Crippen molar-refractivity contribution in [2.45, 2.75) is 18.7 Å². The van der Waals surface area contributed by atoms with Crippen LogP contribution in [-0.2, 0) is 23.6 Å². The summed E-state index contributed by atoms with van der Waals surface area (Å²) in [6.45, 7) is 3.25. The predicted molar refractivity (Wildman–Crippen MR) is 67.8 cm³/mol. The van der Waals surface area contributed by atoms with E-state index in [1.807, 2.05) is 0 Å². The molecule has 1 aromatic rings. The highest BCUT2D eigenvalue weighted by Gasteiger charge is 2.18. The van der Waals surface area contributed by atoms with Crippen LogP contribution in [0.1, 0.15) is 13.8 Å². The minimum Gasteiger partial charge on any atom is -0.438 e. The minimum atomic E-state index is -4.05. The molecule has 0 saturated carbocycles. The van der Waals surface area contributed by atoms with Crippen LogP contribution in [0, 0.1) is 0 Å². The van der Waals surface area contributed by atoms with Gasteiger partial charge in [0.05, 0.1) is 13.2 Å². The first-order chi connectivity index (χ1) is 8.43. The number of nitrogens with zero attached hydrogens (tertiary/aromatic N) is 1. The Morgan fingerprint density at radius 1 is 1.11 bits per heavy atom. The normalized spacial score (nSPS) is 12.6. The van der Waals surface area contributed by atoms with Crippen LogP contribution in [0.25, 0.3) is 4.49 Å². The Hall–Kier alpha value is -0.720. The second kappa shape index (κ2) is 6.45. The molecule has 0 fully saturated rings. The van der Waals surface area contributed by atoms with E-state index in [0.717, 1.165) is 0 Å². The van der Waals surface area contributed by atoms with Crippen LogP contribution in [0.5, 0.6) is 0 Å². The molecule has 0 heterocycles. The second-order valence-corrected chi connectivity index (χ2v) is 6.70. The molecule has 0 aromatic heterocycles. The zero-order valence-electron chi connectivity index (χ0n) is 10.1. The molecule has 0 aliphatic rings. The first kappa shape index (κ1) is 15.3. The molecule has 0 radical (unpaired) electrons. The fourth-order valence-corrected chi connectivity index (χ4v) is 4.22. The molecule has 0 N–H and O–H groups in total. The SMILES string of the molecule is CCOP(=O)([N-]S(=O)(=O)c1ccccc1)OCC. The molecule has 0 atom stereocenters. The molecule has 1 rings (SSSR count). The summed E-state index contributed by atoms with van der Waals surface area (Å²) in [7, 11) is -8.02. The van der Waals surface area contributed by atoms with Crippen LogP contribution in [0.3, 0.4) is 0 Å². The first-order valence-corrected chi connectivity index (χ1v) is 8.31. The van der Waals surface area contributed by atoms with Crippen LogP contribution >= 0.6 is 7.75 Å². The van der Waals surface area contributed by atoms with Gasteiger partial charge in [-0.15, -0.1) is 0 Å². The van der Waals surface area contributed by atoms with Gasteiger partial charge in [-0.05, 0) is 26.0 Å². The Bertz CT molecular complexity index is 506. The summed E-state index contributed by atoms with van der Waals surface area (Å²) < 4.78 is 48.7. The Kier molecular flexibility index (Phi) is 5.49. The molecule has 1 aromatic carbocycles. The van der Waals surface area contributed by atoms with Crippen molar-refractivity contribution in [3.63, 3.8) is 0 Å². The maximum atomic E-state index is 12.0. The van der Waals surface area contributed by atoms with Crippen molar-refractivity contribution in [1.29, 1.82) is 0 Å². The highest BCUT2D eigenvalue weighted by Crippen LogP contribution is 2.56. The Labute approximate surface area is 107 Å². The lowest BCUT2D eigenvalue weighted by Gasteiger charge is -2.29. The Morgan fingerprint density at radius 3 is 2.06 bits per heavy atom. The van der Waals surface area contributed by atoms with E-state index in [-0.39, 0.29) is 18.1 Å². The number of hydrogen-bond acceptors (Lipinski definition) is 5. The third kappa shape index (κ3) is 4.19. The summed E-state index contributed by atoms with van der Waals surface area (Å²) in [6.07, 6.45) is 0. The Balaban J connectivity index is 2.97. The van der Waals surface area contributed by atoms with Crippen molar-refractivity contribution in [2.75, 3.05) is 13.2 Å². The molecule has 0 amide bonds. The van der Waals surface area contributed by atoms with Crippen LogP contribution < -0.4 is 0 Å². The van der Waals surface area contributed by atoms with E-state index in [4.69, 9.17) is 9.05 Å². The second-order valence-electron chi connectivity index (χ2n) is 3.17. The zero-order valence-corrected chi connectivity index (χ0v) is 11.9. The largest absolute Gasteiger partial charge is 0.438 e. The minimum absolute atomic E-state index is 0.0467. The van der Waals surface area contributed by atoms with Crippen molar-refractivity contribution in [1.82, 2.24) is 0 Å². The standard InChI is InChI=1S/C10H15NO5PS/c1-3-15-17(12,16-4-2)11-18(13,14)10-8-6-5-7-9-10/h5-9H,3-4H2,1-2H3/q-1. The smallest absolute Gasteiger partial charge is 0.253 e. The van der Waals surface area contributed by atoms with Gasteiger partial charge in [-0.3, -0.25) is 4.57 Å². The van der Waals surface area contributed by atoms with Gasteiger partial charge in [0.15, 0.2) is 0 Å². The van der Waals surface area contributed by atoms with Crippen LogP contribution in [0.15, 0.2) is 35.2 Å². The van der Waals surface area contributed by atoms with E-state index in [2.05, 4.69) is 4.49 Å². The van der Waals surface area contributed by atoms with Gasteiger partial charge in [0.25, 0.3) is 7.75 Å². The van der Waals surface area contributed by atoms with E-state index in [1.165, 1.54) is 12.1 Å². The zero-order chi connectivity index (χ0) is 13.6. The lowest BCUT2D eigenvalue weighted by Crippen LogP contribution is -2.03. The van der Waals surface area contributed by atoms with E-state index < -0.39 is 17.8 Å². The molecule has 0 aliphatic carbocycles. The van der Waals surface area contributed by atoms with Gasteiger partial charge in [-0.25, -0.2) is 8.42 Å². The van der Waals surface area contributed by atoms with E-state index >= 15 is 0 Å². The monoisotopic (exact) mass is 292 g/mol. The summed E-state index contributed by atoms with van der Waals surface area (Å²) in [6, 6.07) is 7.50. The molecule has 0 spiro atoms. The van der Waals surface area contributed by atoms with Gasteiger partial charge in [-0.1, -0.05) is 18.2 Å². The number of sulfonamides is 1. The van der Waals surface area contributed by atoms with Gasteiger partial charge in [0, 0.05) is 4.90 Å². The van der Waals surface area contributed by atoms with Gasteiger partial charge < -0.3 is 13.5 Å². The maximum Gasteiger partial charge on any atom is 0.253 e. The highest BCUT2D eigenvalue weighted by molar-refractivity contribution is 8.01. The van der Waals surface area contributed by atoms with Gasteiger partial charge in [0.2, 0.25) is 0 Å². The lowest BCUT2D eigenvalue weighted by atomic mass is 10.4. The summed E-state index contributed by atoms with van der Waals surface area (Å²) in [5, 5.41) is 0. The first-order valence-electron chi connectivity index (χ1n) is 5.37. The molecule has 8 heteroatoms. The van der Waals surface area contributed by atoms with Gasteiger partial charge >= 0.3 is 0 Å². The van der Waals surface area contributed by atoms with Gasteiger partial charge in [-0.2, -0.15) is 0 Å². The average molecular weight is 292 g/mol. The van der Waals surface area contributed by atoms with E-state index in [1.54, 1.807) is 32.0 Å². The number of rotatable bonds is 7. The summed E-state index contributed by atoms with van der Waals surface area (Å²) in [5.74, 6) is 0. The third-order valence-electron chi connectivity index (χ3n) is 1.83. The molecule has 0 unspecified atom stereocenters. The molecular formula is C10H15NO5PS-. The molecular weight excluding hydrogens is 277 g/mol. The fourth-order valence-electron chi connectivity index (χ4n) is 1.18. The Morgan fingerprint density at radius 2 is 1.61 bits per heavy atom. The van der Waals surface area contributed by atoms with Crippen LogP contribution in [0.4, 0.5) is 0 Å². The third-order valence-corrected chi connectivity index (χ3v) is 5.53. The molecule has 0 bridgehead atoms. The van der Waals surface area contributed by atoms with Crippen molar-refractivity contribution < 1.29 is 22.0 Å². The molecule has 0 aliphatic heterocycles.